The van der Waals surface area contributed by atoms with Gasteiger partial charge in [-0.2, -0.15) is 0 Å². The Morgan fingerprint density at radius 1 is 1.08 bits per heavy atom. The van der Waals surface area contributed by atoms with E-state index in [0.29, 0.717) is 19.4 Å². The van der Waals surface area contributed by atoms with E-state index in [0.717, 1.165) is 38.5 Å². The van der Waals surface area contributed by atoms with E-state index in [1.165, 1.54) is 0 Å². The minimum atomic E-state index is -0.636. The van der Waals surface area contributed by atoms with Gasteiger partial charge in [-0.3, -0.25) is 0 Å². The average Bonchev–Trinajstić information content (AvgIpc) is 3.00. The molecule has 0 bridgehead atoms. The third kappa shape index (κ3) is 3.90. The highest BCUT2D eigenvalue weighted by molar-refractivity contribution is 5.06. The molecule has 1 spiro atoms. The van der Waals surface area contributed by atoms with Crippen molar-refractivity contribution in [3.63, 3.8) is 0 Å². The second kappa shape index (κ2) is 8.63. The zero-order chi connectivity index (χ0) is 18.4. The normalized spacial score (nSPS) is 35.0. The monoisotopic (exact) mass is 360 g/mol. The van der Waals surface area contributed by atoms with Crippen LogP contribution in [0.4, 0.5) is 0 Å². The van der Waals surface area contributed by atoms with Gasteiger partial charge in [0.15, 0.2) is 5.79 Å². The van der Waals surface area contributed by atoms with Crippen LogP contribution in [0.3, 0.4) is 0 Å². The van der Waals surface area contributed by atoms with Gasteiger partial charge in [0.2, 0.25) is 0 Å². The molecule has 9 heteroatoms. The molecule has 0 unspecified atom stereocenters. The lowest BCUT2D eigenvalue weighted by Gasteiger charge is -2.38. The summed E-state index contributed by atoms with van der Waals surface area (Å²) in [6.45, 7) is 0.456. The number of fused-ring (bicyclic) bond motifs is 1. The summed E-state index contributed by atoms with van der Waals surface area (Å²) < 4.78 is 18.7. The first-order valence-corrected chi connectivity index (χ1v) is 9.22. The highest BCUT2D eigenvalue weighted by Crippen LogP contribution is 2.46. The maximum absolute atomic E-state index is 8.95. The molecule has 9 nitrogen and oxygen atoms in total. The van der Waals surface area contributed by atoms with Gasteiger partial charge in [-0.05, 0) is 36.7 Å². The second-order valence-corrected chi connectivity index (χ2v) is 7.06. The minimum absolute atomic E-state index is 0.383. The first-order valence-electron chi connectivity index (χ1n) is 9.22. The molecule has 1 saturated heterocycles. The highest BCUT2D eigenvalue weighted by Gasteiger charge is 2.57. The van der Waals surface area contributed by atoms with E-state index in [4.69, 9.17) is 31.7 Å². The van der Waals surface area contributed by atoms with Gasteiger partial charge in [0.1, 0.15) is 6.10 Å². The molecule has 0 aromatic heterocycles. The fourth-order valence-corrected chi connectivity index (χ4v) is 4.23. The molecule has 0 aromatic rings. The van der Waals surface area contributed by atoms with Crippen molar-refractivity contribution in [2.45, 2.75) is 87.5 Å². The number of azide groups is 2. The molecule has 3 fully saturated rings. The average molecular weight is 360 g/mol. The van der Waals surface area contributed by atoms with Crippen molar-refractivity contribution in [3.05, 3.63) is 20.9 Å². The standard InChI is InChI=1S/C17H24N6O3/c1-2-3-7-10-24-14-12(20-22-18)11-13(21-23-19)15-16(14)26-17(25-15)8-5-4-6-9-17/h1,12-16H,3-11H2/t12-,13+,14+,15-,16-/m0/s1. The zero-order valence-corrected chi connectivity index (χ0v) is 14.7. The molecule has 26 heavy (non-hydrogen) atoms. The summed E-state index contributed by atoms with van der Waals surface area (Å²) in [6, 6.07) is -0.905. The summed E-state index contributed by atoms with van der Waals surface area (Å²) in [7, 11) is 0. The van der Waals surface area contributed by atoms with Crippen molar-refractivity contribution in [1.29, 1.82) is 0 Å². The minimum Gasteiger partial charge on any atom is -0.375 e. The topological polar surface area (TPSA) is 125 Å². The Bertz CT molecular complexity index is 631. The van der Waals surface area contributed by atoms with E-state index in [9.17, 15) is 0 Å². The quantitative estimate of drug-likeness (QED) is 0.234. The van der Waals surface area contributed by atoms with Crippen LogP contribution in [0.5, 0.6) is 0 Å². The molecule has 3 aliphatic rings. The zero-order valence-electron chi connectivity index (χ0n) is 14.7. The Labute approximate surface area is 152 Å². The van der Waals surface area contributed by atoms with Crippen molar-refractivity contribution in [2.75, 3.05) is 6.61 Å². The fourth-order valence-electron chi connectivity index (χ4n) is 4.23. The molecule has 5 atom stereocenters. The number of ether oxygens (including phenoxy) is 3. The first-order chi connectivity index (χ1) is 12.7. The largest absolute Gasteiger partial charge is 0.375 e. The van der Waals surface area contributed by atoms with E-state index in [2.05, 4.69) is 26.0 Å². The van der Waals surface area contributed by atoms with Gasteiger partial charge in [-0.1, -0.05) is 16.6 Å². The van der Waals surface area contributed by atoms with Gasteiger partial charge in [0.05, 0.1) is 24.3 Å². The van der Waals surface area contributed by atoms with Crippen LogP contribution in [-0.4, -0.2) is 42.8 Å². The summed E-state index contributed by atoms with van der Waals surface area (Å²) in [4.78, 5) is 5.90. The summed E-state index contributed by atoms with van der Waals surface area (Å²) in [5.74, 6) is 1.95. The maximum atomic E-state index is 8.95. The van der Waals surface area contributed by atoms with Crippen molar-refractivity contribution < 1.29 is 14.2 Å². The summed E-state index contributed by atoms with van der Waals surface area (Å²) in [6.07, 6.45) is 10.7. The number of nitrogens with zero attached hydrogens (tertiary/aromatic N) is 6. The van der Waals surface area contributed by atoms with Gasteiger partial charge >= 0.3 is 0 Å². The molecule has 0 amide bonds. The van der Waals surface area contributed by atoms with Gasteiger partial charge in [0, 0.05) is 35.7 Å². The lowest BCUT2D eigenvalue weighted by atomic mass is 9.84. The molecule has 2 aliphatic carbocycles. The van der Waals surface area contributed by atoms with Crippen LogP contribution >= 0.6 is 0 Å². The molecule has 140 valence electrons. The van der Waals surface area contributed by atoms with Crippen molar-refractivity contribution in [1.82, 2.24) is 0 Å². The SMILES string of the molecule is C#CCCCO[C@H]1[C@@H]2OC3(CCCCC3)O[C@H]2[C@H](N=[N+]=[N-])C[C@@H]1N=[N+]=[N-]. The van der Waals surface area contributed by atoms with Crippen molar-refractivity contribution in [3.8, 4) is 12.3 Å². The molecule has 0 aromatic carbocycles. The predicted octanol–water partition coefficient (Wildman–Crippen LogP) is 3.99. The number of unbranched alkanes of at least 4 members (excludes halogenated alkanes) is 1. The Morgan fingerprint density at radius 2 is 1.77 bits per heavy atom. The van der Waals surface area contributed by atoms with E-state index in [1.807, 2.05) is 0 Å². The highest BCUT2D eigenvalue weighted by atomic mass is 16.8. The van der Waals surface area contributed by atoms with E-state index < -0.39 is 30.1 Å². The van der Waals surface area contributed by atoms with Gasteiger partial charge in [0.25, 0.3) is 0 Å². The van der Waals surface area contributed by atoms with Crippen LogP contribution in [0.1, 0.15) is 51.4 Å². The summed E-state index contributed by atoms with van der Waals surface area (Å²) in [5, 5.41) is 7.78. The van der Waals surface area contributed by atoms with Gasteiger partial charge < -0.3 is 14.2 Å². The van der Waals surface area contributed by atoms with Crippen LogP contribution in [-0.2, 0) is 14.2 Å². The van der Waals surface area contributed by atoms with Crippen molar-refractivity contribution in [2.24, 2.45) is 10.2 Å². The lowest BCUT2D eigenvalue weighted by Crippen LogP contribution is -2.54. The van der Waals surface area contributed by atoms with Crippen LogP contribution in [0, 0.1) is 12.3 Å². The van der Waals surface area contributed by atoms with E-state index in [1.54, 1.807) is 0 Å². The number of rotatable bonds is 6. The first kappa shape index (κ1) is 18.8. The lowest BCUT2D eigenvalue weighted by molar-refractivity contribution is -0.201. The Morgan fingerprint density at radius 3 is 2.46 bits per heavy atom. The Balaban J connectivity index is 1.82. The molecular weight excluding hydrogens is 336 g/mol. The Hall–Kier alpha value is -1.94. The maximum Gasteiger partial charge on any atom is 0.169 e. The van der Waals surface area contributed by atoms with E-state index >= 15 is 0 Å². The number of hydrogen-bond acceptors (Lipinski definition) is 5. The Kier molecular flexibility index (Phi) is 6.25. The second-order valence-electron chi connectivity index (χ2n) is 7.06. The number of terminal acetylenes is 1. The number of hydrogen-bond donors (Lipinski definition) is 0. The third-order valence-electron chi connectivity index (χ3n) is 5.38. The predicted molar refractivity (Wildman–Crippen MR) is 93.9 cm³/mol. The molecular formula is C17H24N6O3. The molecule has 0 N–H and O–H groups in total. The summed E-state index contributed by atoms with van der Waals surface area (Å²) >= 11 is 0. The van der Waals surface area contributed by atoms with E-state index in [-0.39, 0.29) is 6.10 Å². The summed E-state index contributed by atoms with van der Waals surface area (Å²) in [5.41, 5.74) is 17.9. The van der Waals surface area contributed by atoms with Crippen molar-refractivity contribution >= 4 is 0 Å². The molecule has 0 radical (unpaired) electrons. The fraction of sp³-hybridized carbons (Fsp3) is 0.882. The van der Waals surface area contributed by atoms with Crippen LogP contribution < -0.4 is 0 Å². The molecule has 3 rings (SSSR count). The van der Waals surface area contributed by atoms with Gasteiger partial charge in [-0.25, -0.2) is 0 Å². The molecule has 1 heterocycles. The van der Waals surface area contributed by atoms with Crippen LogP contribution in [0.2, 0.25) is 0 Å². The van der Waals surface area contributed by atoms with Gasteiger partial charge in [-0.15, -0.1) is 12.3 Å². The van der Waals surface area contributed by atoms with Crippen LogP contribution in [0.25, 0.3) is 20.9 Å². The molecule has 1 aliphatic heterocycles. The third-order valence-corrected chi connectivity index (χ3v) is 5.38. The smallest absolute Gasteiger partial charge is 0.169 e. The van der Waals surface area contributed by atoms with Crippen LogP contribution in [0.15, 0.2) is 10.2 Å². The molecule has 2 saturated carbocycles.